The van der Waals surface area contributed by atoms with Crippen LogP contribution in [0.4, 0.5) is 8.78 Å². The molecule has 1 spiro atoms. The van der Waals surface area contributed by atoms with E-state index in [2.05, 4.69) is 0 Å². The molecule has 0 aliphatic carbocycles. The van der Waals surface area contributed by atoms with Crippen LogP contribution < -0.4 is 0 Å². The maximum atomic E-state index is 13.6. The second kappa shape index (κ2) is 5.15. The number of piperidine rings is 1. The lowest BCUT2D eigenvalue weighted by Gasteiger charge is -2.38. The van der Waals surface area contributed by atoms with Crippen molar-refractivity contribution in [3.05, 3.63) is 35.4 Å². The van der Waals surface area contributed by atoms with Crippen LogP contribution in [0.15, 0.2) is 18.2 Å². The van der Waals surface area contributed by atoms with Crippen molar-refractivity contribution in [2.24, 2.45) is 0 Å². The van der Waals surface area contributed by atoms with Crippen molar-refractivity contribution in [3.63, 3.8) is 0 Å². The lowest BCUT2D eigenvalue weighted by atomic mass is 10.0. The molecule has 5 heteroatoms. The summed E-state index contributed by atoms with van der Waals surface area (Å²) >= 11 is 0. The van der Waals surface area contributed by atoms with E-state index in [-0.39, 0.29) is 12.1 Å². The van der Waals surface area contributed by atoms with Crippen LogP contribution in [0.5, 0.6) is 0 Å². The third-order valence-electron chi connectivity index (χ3n) is 3.75. The van der Waals surface area contributed by atoms with E-state index in [9.17, 15) is 8.78 Å². The molecule has 0 radical (unpaired) electrons. The molecule has 0 unspecified atom stereocenters. The largest absolute Gasteiger partial charge is 0.346 e. The molecule has 2 aliphatic rings. The fraction of sp³-hybridized carbons (Fsp3) is 0.571. The van der Waals surface area contributed by atoms with Gasteiger partial charge in [0, 0.05) is 18.5 Å². The summed E-state index contributed by atoms with van der Waals surface area (Å²) in [6.45, 7) is 2.83. The Kier molecular flexibility index (Phi) is 3.52. The van der Waals surface area contributed by atoms with Gasteiger partial charge in [0.1, 0.15) is 11.6 Å². The Morgan fingerprint density at radius 1 is 1.16 bits per heavy atom. The van der Waals surface area contributed by atoms with Crippen molar-refractivity contribution >= 4 is 0 Å². The normalized spacial score (nSPS) is 23.1. The van der Waals surface area contributed by atoms with Gasteiger partial charge in [-0.2, -0.15) is 0 Å². The van der Waals surface area contributed by atoms with E-state index in [1.807, 2.05) is 4.90 Å². The van der Waals surface area contributed by atoms with Crippen molar-refractivity contribution in [1.82, 2.24) is 4.90 Å². The summed E-state index contributed by atoms with van der Waals surface area (Å²) in [5.74, 6) is -1.54. The number of halogens is 2. The summed E-state index contributed by atoms with van der Waals surface area (Å²) in [5, 5.41) is 0. The molecule has 0 bridgehead atoms. The molecule has 0 amide bonds. The summed E-state index contributed by atoms with van der Waals surface area (Å²) in [5.41, 5.74) is 0.123. The van der Waals surface area contributed by atoms with Gasteiger partial charge in [-0.25, -0.2) is 8.78 Å². The number of benzene rings is 1. The van der Waals surface area contributed by atoms with Crippen molar-refractivity contribution in [3.8, 4) is 0 Å². The summed E-state index contributed by atoms with van der Waals surface area (Å²) in [4.78, 5) is 2.00. The second-order valence-electron chi connectivity index (χ2n) is 5.12. The number of hydrogen-bond acceptors (Lipinski definition) is 3. The molecule has 3 nitrogen and oxygen atoms in total. The smallest absolute Gasteiger partial charge is 0.181 e. The van der Waals surface area contributed by atoms with Gasteiger partial charge in [-0.15, -0.1) is 0 Å². The van der Waals surface area contributed by atoms with Crippen LogP contribution in [-0.4, -0.2) is 37.0 Å². The average Bonchev–Trinajstić information content (AvgIpc) is 2.82. The molecule has 2 fully saturated rings. The van der Waals surface area contributed by atoms with Crippen LogP contribution in [-0.2, 0) is 16.0 Å². The monoisotopic (exact) mass is 269 g/mol. The summed E-state index contributed by atoms with van der Waals surface area (Å²) in [7, 11) is 0. The van der Waals surface area contributed by atoms with Gasteiger partial charge < -0.3 is 9.47 Å². The van der Waals surface area contributed by atoms with Gasteiger partial charge in [0.2, 0.25) is 0 Å². The van der Waals surface area contributed by atoms with E-state index in [0.717, 1.165) is 19.4 Å². The van der Waals surface area contributed by atoms with Crippen LogP contribution in [0.2, 0.25) is 0 Å². The molecule has 0 saturated carbocycles. The topological polar surface area (TPSA) is 21.7 Å². The highest BCUT2D eigenvalue weighted by atomic mass is 19.1. The minimum Gasteiger partial charge on any atom is -0.346 e. The highest BCUT2D eigenvalue weighted by Crippen LogP contribution is 2.31. The lowest BCUT2D eigenvalue weighted by Crippen LogP contribution is -2.48. The fourth-order valence-corrected chi connectivity index (χ4v) is 2.85. The molecule has 1 aromatic rings. The molecule has 2 heterocycles. The first-order chi connectivity index (χ1) is 9.19. The Bertz CT molecular complexity index is 441. The van der Waals surface area contributed by atoms with Gasteiger partial charge in [0.05, 0.1) is 19.8 Å². The molecule has 2 saturated heterocycles. The molecule has 0 N–H and O–H groups in total. The Hall–Kier alpha value is -1.04. The maximum Gasteiger partial charge on any atom is 0.181 e. The van der Waals surface area contributed by atoms with Crippen LogP contribution >= 0.6 is 0 Å². The zero-order chi connectivity index (χ0) is 13.3. The first-order valence-corrected chi connectivity index (χ1v) is 6.62. The van der Waals surface area contributed by atoms with Gasteiger partial charge in [-0.3, -0.25) is 4.90 Å². The van der Waals surface area contributed by atoms with Crippen molar-refractivity contribution in [2.75, 3.05) is 26.3 Å². The van der Waals surface area contributed by atoms with E-state index in [4.69, 9.17) is 9.47 Å². The second-order valence-corrected chi connectivity index (χ2v) is 5.12. The summed E-state index contributed by atoms with van der Waals surface area (Å²) in [6, 6.07) is 3.97. The molecule has 0 aromatic heterocycles. The van der Waals surface area contributed by atoms with Gasteiger partial charge in [-0.05, 0) is 25.1 Å². The fourth-order valence-electron chi connectivity index (χ4n) is 2.85. The van der Waals surface area contributed by atoms with Gasteiger partial charge in [-0.1, -0.05) is 6.07 Å². The molecular weight excluding hydrogens is 252 g/mol. The predicted octanol–water partition coefficient (Wildman–Crippen LogP) is 2.30. The Morgan fingerprint density at radius 2 is 1.84 bits per heavy atom. The zero-order valence-electron chi connectivity index (χ0n) is 10.7. The van der Waals surface area contributed by atoms with E-state index in [1.165, 1.54) is 18.2 Å². The van der Waals surface area contributed by atoms with Crippen molar-refractivity contribution in [1.29, 1.82) is 0 Å². The zero-order valence-corrected chi connectivity index (χ0v) is 10.7. The van der Waals surface area contributed by atoms with Crippen molar-refractivity contribution < 1.29 is 18.3 Å². The van der Waals surface area contributed by atoms with Crippen LogP contribution in [0.3, 0.4) is 0 Å². The number of hydrogen-bond donors (Lipinski definition) is 0. The summed E-state index contributed by atoms with van der Waals surface area (Å²) in [6.07, 6.45) is 1.76. The van der Waals surface area contributed by atoms with E-state index in [0.29, 0.717) is 19.8 Å². The standard InChI is InChI=1S/C14H17F2NO2/c15-12-3-1-4-13(16)11(12)9-17-6-2-5-14(10-17)18-7-8-19-14/h1,3-4H,2,5-10H2. The summed E-state index contributed by atoms with van der Waals surface area (Å²) < 4.78 is 38.6. The van der Waals surface area contributed by atoms with Crippen LogP contribution in [0.1, 0.15) is 18.4 Å². The molecule has 2 aliphatic heterocycles. The minimum absolute atomic E-state index is 0.123. The first kappa shape index (κ1) is 13.0. The van der Waals surface area contributed by atoms with Gasteiger partial charge in [0.25, 0.3) is 0 Å². The highest BCUT2D eigenvalue weighted by molar-refractivity contribution is 5.19. The molecule has 3 rings (SSSR count). The number of likely N-dealkylation sites (tertiary alicyclic amines) is 1. The Balaban J connectivity index is 1.73. The number of nitrogens with zero attached hydrogens (tertiary/aromatic N) is 1. The third-order valence-corrected chi connectivity index (χ3v) is 3.75. The lowest BCUT2D eigenvalue weighted by molar-refractivity contribution is -0.190. The van der Waals surface area contributed by atoms with Gasteiger partial charge >= 0.3 is 0 Å². The Labute approximate surface area is 111 Å². The maximum absolute atomic E-state index is 13.6. The molecule has 104 valence electrons. The average molecular weight is 269 g/mol. The number of rotatable bonds is 2. The molecule has 19 heavy (non-hydrogen) atoms. The third kappa shape index (κ3) is 2.63. The molecule has 0 atom stereocenters. The van der Waals surface area contributed by atoms with Gasteiger partial charge in [0.15, 0.2) is 5.79 Å². The SMILES string of the molecule is Fc1cccc(F)c1CN1CCCC2(C1)OCCO2. The molecular formula is C14H17F2NO2. The quantitative estimate of drug-likeness (QED) is 0.822. The minimum atomic E-state index is -0.556. The first-order valence-electron chi connectivity index (χ1n) is 6.62. The van der Waals surface area contributed by atoms with Crippen molar-refractivity contribution in [2.45, 2.75) is 25.2 Å². The van der Waals surface area contributed by atoms with Crippen LogP contribution in [0, 0.1) is 11.6 Å². The van der Waals surface area contributed by atoms with E-state index < -0.39 is 17.4 Å². The highest BCUT2D eigenvalue weighted by Gasteiger charge is 2.40. The molecule has 1 aromatic carbocycles. The van der Waals surface area contributed by atoms with Crippen LogP contribution in [0.25, 0.3) is 0 Å². The Morgan fingerprint density at radius 3 is 2.53 bits per heavy atom. The number of ether oxygens (including phenoxy) is 2. The predicted molar refractivity (Wildman–Crippen MR) is 65.5 cm³/mol. The van der Waals surface area contributed by atoms with E-state index >= 15 is 0 Å². The van der Waals surface area contributed by atoms with E-state index in [1.54, 1.807) is 0 Å².